The molecule has 33 heavy (non-hydrogen) atoms. The summed E-state index contributed by atoms with van der Waals surface area (Å²) in [5.41, 5.74) is 0. The van der Waals surface area contributed by atoms with Crippen molar-refractivity contribution in [1.82, 2.24) is 9.80 Å². The molecule has 0 aromatic heterocycles. The third-order valence-electron chi connectivity index (χ3n) is 7.55. The molecule has 1 unspecified atom stereocenters. The lowest BCUT2D eigenvalue weighted by molar-refractivity contribution is 0.138. The van der Waals surface area contributed by atoms with E-state index in [0.717, 1.165) is 0 Å². The molecule has 0 aromatic rings. The maximum atomic E-state index is 2.65. The van der Waals surface area contributed by atoms with Crippen LogP contribution in [-0.2, 0) is 0 Å². The number of nitrogens with zero attached hydrogens (tertiary/aromatic N) is 2. The highest BCUT2D eigenvalue weighted by Crippen LogP contribution is 2.22. The standard InChI is InChI=1S/C31H62N2/c1-4-7-9-11-13-15-17-19-21-23-25-28-33-30-29-32(31(33)26-6-3)27-24-22-20-18-16-14-12-10-8-5-2/h29-31H,4-28H2,1-3H3. The fraction of sp³-hybridized carbons (Fsp3) is 0.935. The molecule has 0 fully saturated rings. The van der Waals surface area contributed by atoms with Crippen LogP contribution in [0.1, 0.15) is 168 Å². The lowest BCUT2D eigenvalue weighted by Crippen LogP contribution is -2.39. The molecule has 0 saturated carbocycles. The topological polar surface area (TPSA) is 6.48 Å². The highest BCUT2D eigenvalue weighted by molar-refractivity contribution is 4.96. The fourth-order valence-electron chi connectivity index (χ4n) is 5.34. The lowest BCUT2D eigenvalue weighted by atomic mass is 10.1. The van der Waals surface area contributed by atoms with Crippen LogP contribution in [0, 0.1) is 0 Å². The molecule has 0 amide bonds. The first kappa shape index (κ1) is 30.4. The summed E-state index contributed by atoms with van der Waals surface area (Å²) in [6.45, 7) is 9.47. The zero-order valence-electron chi connectivity index (χ0n) is 23.3. The quantitative estimate of drug-likeness (QED) is 0.124. The fourth-order valence-corrected chi connectivity index (χ4v) is 5.34. The highest BCUT2D eigenvalue weighted by Gasteiger charge is 2.24. The van der Waals surface area contributed by atoms with Gasteiger partial charge in [-0.15, -0.1) is 0 Å². The molecule has 1 rings (SSSR count). The average Bonchev–Trinajstić information content (AvgIpc) is 3.20. The Morgan fingerprint density at radius 2 is 0.697 bits per heavy atom. The second-order valence-electron chi connectivity index (χ2n) is 10.8. The largest absolute Gasteiger partial charge is 0.356 e. The molecule has 0 radical (unpaired) electrons. The molecule has 2 heteroatoms. The second-order valence-corrected chi connectivity index (χ2v) is 10.8. The molecule has 1 heterocycles. The number of hydrogen-bond acceptors (Lipinski definition) is 2. The Hall–Kier alpha value is -0.660. The van der Waals surface area contributed by atoms with E-state index in [1.807, 2.05) is 0 Å². The lowest BCUT2D eigenvalue weighted by Gasteiger charge is -2.33. The molecule has 0 bridgehead atoms. The molecule has 1 atom stereocenters. The van der Waals surface area contributed by atoms with Crippen molar-refractivity contribution in [3.63, 3.8) is 0 Å². The first-order valence-corrected chi connectivity index (χ1v) is 15.5. The van der Waals surface area contributed by atoms with Gasteiger partial charge in [0.05, 0.1) is 0 Å². The molecule has 2 nitrogen and oxygen atoms in total. The van der Waals surface area contributed by atoms with Crippen LogP contribution in [-0.4, -0.2) is 29.1 Å². The van der Waals surface area contributed by atoms with Crippen LogP contribution in [0.4, 0.5) is 0 Å². The SMILES string of the molecule is CCCCCCCCCCCCCN1C=CN(CCCCCCCCCCCC)C1CCC. The van der Waals surface area contributed by atoms with Crippen molar-refractivity contribution in [2.75, 3.05) is 13.1 Å². The van der Waals surface area contributed by atoms with Gasteiger partial charge in [0.2, 0.25) is 0 Å². The summed E-state index contributed by atoms with van der Waals surface area (Å²) in [5, 5.41) is 0. The minimum Gasteiger partial charge on any atom is -0.356 e. The van der Waals surface area contributed by atoms with Crippen molar-refractivity contribution >= 4 is 0 Å². The molecular weight excluding hydrogens is 400 g/mol. The predicted molar refractivity (Wildman–Crippen MR) is 150 cm³/mol. The Morgan fingerprint density at radius 1 is 0.394 bits per heavy atom. The minimum absolute atomic E-state index is 0.636. The van der Waals surface area contributed by atoms with Crippen LogP contribution >= 0.6 is 0 Å². The zero-order chi connectivity index (χ0) is 23.8. The predicted octanol–water partition coefficient (Wildman–Crippen LogP) is 10.4. The molecule has 0 saturated heterocycles. The third-order valence-corrected chi connectivity index (χ3v) is 7.55. The van der Waals surface area contributed by atoms with Gasteiger partial charge in [0, 0.05) is 25.5 Å². The van der Waals surface area contributed by atoms with Crippen LogP contribution in [0.15, 0.2) is 12.4 Å². The zero-order valence-corrected chi connectivity index (χ0v) is 23.3. The first-order valence-electron chi connectivity index (χ1n) is 15.5. The van der Waals surface area contributed by atoms with E-state index < -0.39 is 0 Å². The van der Waals surface area contributed by atoms with Gasteiger partial charge in [-0.2, -0.15) is 0 Å². The van der Waals surface area contributed by atoms with Gasteiger partial charge in [-0.1, -0.05) is 149 Å². The van der Waals surface area contributed by atoms with E-state index in [2.05, 4.69) is 43.0 Å². The highest BCUT2D eigenvalue weighted by atomic mass is 15.4. The van der Waals surface area contributed by atoms with E-state index in [0.29, 0.717) is 6.17 Å². The van der Waals surface area contributed by atoms with E-state index in [-0.39, 0.29) is 0 Å². The Labute approximate surface area is 210 Å². The Kier molecular flexibility index (Phi) is 21.3. The monoisotopic (exact) mass is 462 g/mol. The van der Waals surface area contributed by atoms with Gasteiger partial charge in [0.25, 0.3) is 0 Å². The van der Waals surface area contributed by atoms with E-state index in [4.69, 9.17) is 0 Å². The molecule has 1 aliphatic heterocycles. The van der Waals surface area contributed by atoms with E-state index >= 15 is 0 Å². The van der Waals surface area contributed by atoms with E-state index in [9.17, 15) is 0 Å². The van der Waals surface area contributed by atoms with Crippen molar-refractivity contribution in [2.24, 2.45) is 0 Å². The van der Waals surface area contributed by atoms with Crippen molar-refractivity contribution < 1.29 is 0 Å². The van der Waals surface area contributed by atoms with Crippen LogP contribution in [0.3, 0.4) is 0 Å². The number of hydrogen-bond donors (Lipinski definition) is 0. The van der Waals surface area contributed by atoms with Crippen molar-refractivity contribution in [3.05, 3.63) is 12.4 Å². The summed E-state index contributed by atoms with van der Waals surface area (Å²) >= 11 is 0. The first-order chi connectivity index (χ1) is 16.3. The smallest absolute Gasteiger partial charge is 0.101 e. The van der Waals surface area contributed by atoms with Crippen LogP contribution in [0.5, 0.6) is 0 Å². The van der Waals surface area contributed by atoms with Gasteiger partial charge in [-0.05, 0) is 19.3 Å². The maximum absolute atomic E-state index is 2.65. The Bertz CT molecular complexity index is 419. The summed E-state index contributed by atoms with van der Waals surface area (Å²) in [6, 6.07) is 0. The summed E-state index contributed by atoms with van der Waals surface area (Å²) < 4.78 is 0. The van der Waals surface area contributed by atoms with Gasteiger partial charge in [0.15, 0.2) is 0 Å². The Balaban J connectivity index is 2.02. The van der Waals surface area contributed by atoms with Crippen molar-refractivity contribution in [3.8, 4) is 0 Å². The normalized spacial score (nSPS) is 15.8. The third kappa shape index (κ3) is 16.6. The molecule has 0 N–H and O–H groups in total. The summed E-state index contributed by atoms with van der Waals surface area (Å²) in [7, 11) is 0. The summed E-state index contributed by atoms with van der Waals surface area (Å²) in [4.78, 5) is 5.29. The maximum Gasteiger partial charge on any atom is 0.101 e. The number of rotatable bonds is 25. The van der Waals surface area contributed by atoms with Gasteiger partial charge >= 0.3 is 0 Å². The van der Waals surface area contributed by atoms with Crippen LogP contribution < -0.4 is 0 Å². The van der Waals surface area contributed by atoms with Gasteiger partial charge in [-0.3, -0.25) is 0 Å². The van der Waals surface area contributed by atoms with E-state index in [1.54, 1.807) is 0 Å². The van der Waals surface area contributed by atoms with E-state index in [1.165, 1.54) is 161 Å². The molecule has 0 aliphatic carbocycles. The Morgan fingerprint density at radius 3 is 1.00 bits per heavy atom. The van der Waals surface area contributed by atoms with Gasteiger partial charge in [0.1, 0.15) is 6.17 Å². The summed E-state index contributed by atoms with van der Waals surface area (Å²) in [5.74, 6) is 0. The van der Waals surface area contributed by atoms with Gasteiger partial charge < -0.3 is 9.80 Å². The van der Waals surface area contributed by atoms with Crippen LogP contribution in [0.25, 0.3) is 0 Å². The minimum atomic E-state index is 0.636. The average molecular weight is 463 g/mol. The van der Waals surface area contributed by atoms with Crippen LogP contribution in [0.2, 0.25) is 0 Å². The number of unbranched alkanes of at least 4 members (excludes halogenated alkanes) is 19. The van der Waals surface area contributed by atoms with Crippen molar-refractivity contribution in [2.45, 2.75) is 175 Å². The molecule has 196 valence electrons. The van der Waals surface area contributed by atoms with Gasteiger partial charge in [-0.25, -0.2) is 0 Å². The summed E-state index contributed by atoms with van der Waals surface area (Å²) in [6.07, 6.45) is 38.1. The molecule has 0 spiro atoms. The van der Waals surface area contributed by atoms with Crippen molar-refractivity contribution in [1.29, 1.82) is 0 Å². The molecular formula is C31H62N2. The molecule has 1 aliphatic rings. The second kappa shape index (κ2) is 23.1. The molecule has 0 aromatic carbocycles.